The molecule has 2 N–H and O–H groups in total. The van der Waals surface area contributed by atoms with Crippen LogP contribution in [0.4, 0.5) is 0 Å². The lowest BCUT2D eigenvalue weighted by molar-refractivity contribution is -0.134. The zero-order valence-corrected chi connectivity index (χ0v) is 13.5. The zero-order chi connectivity index (χ0) is 12.7. The Labute approximate surface area is 128 Å². The van der Waals surface area contributed by atoms with Gasteiger partial charge in [0, 0.05) is 39.8 Å². The second kappa shape index (κ2) is 11.7. The van der Waals surface area contributed by atoms with Crippen molar-refractivity contribution in [1.29, 1.82) is 0 Å². The van der Waals surface area contributed by atoms with E-state index < -0.39 is 0 Å². The number of hydrogen-bond donors (Lipinski definition) is 1. The molecule has 1 aliphatic rings. The van der Waals surface area contributed by atoms with Gasteiger partial charge in [-0.05, 0) is 6.42 Å². The van der Waals surface area contributed by atoms with Crippen LogP contribution in [0.25, 0.3) is 0 Å². The van der Waals surface area contributed by atoms with Crippen molar-refractivity contribution in [3.63, 3.8) is 0 Å². The lowest BCUT2D eigenvalue weighted by Crippen LogP contribution is -2.53. The number of nitrogens with two attached hydrogens (primary N) is 1. The van der Waals surface area contributed by atoms with Crippen molar-refractivity contribution in [1.82, 2.24) is 9.80 Å². The molecule has 0 bridgehead atoms. The summed E-state index contributed by atoms with van der Waals surface area (Å²) in [5, 5.41) is 0. The third-order valence-electron chi connectivity index (χ3n) is 3.21. The van der Waals surface area contributed by atoms with Gasteiger partial charge in [0.25, 0.3) is 0 Å². The summed E-state index contributed by atoms with van der Waals surface area (Å²) in [7, 11) is 1.71. The molecule has 0 aromatic carbocycles. The van der Waals surface area contributed by atoms with Crippen LogP contribution in [0.15, 0.2) is 0 Å². The highest BCUT2D eigenvalue weighted by molar-refractivity contribution is 5.85. The quantitative estimate of drug-likeness (QED) is 0.785. The Morgan fingerprint density at radius 1 is 1.26 bits per heavy atom. The van der Waals surface area contributed by atoms with Gasteiger partial charge in [0.15, 0.2) is 0 Å². The van der Waals surface area contributed by atoms with Crippen molar-refractivity contribution >= 4 is 30.7 Å². The van der Waals surface area contributed by atoms with Crippen LogP contribution in [0.3, 0.4) is 0 Å². The van der Waals surface area contributed by atoms with Gasteiger partial charge < -0.3 is 15.4 Å². The molecule has 1 amide bonds. The van der Waals surface area contributed by atoms with Gasteiger partial charge in [-0.25, -0.2) is 0 Å². The van der Waals surface area contributed by atoms with Crippen molar-refractivity contribution in [2.75, 3.05) is 46.4 Å². The topological polar surface area (TPSA) is 58.8 Å². The summed E-state index contributed by atoms with van der Waals surface area (Å²) in [4.78, 5) is 16.2. The first kappa shape index (κ1) is 21.2. The number of carbonyl (C=O) groups is 1. The number of halogens is 2. The van der Waals surface area contributed by atoms with Crippen LogP contribution >= 0.6 is 24.8 Å². The molecule has 19 heavy (non-hydrogen) atoms. The average Bonchev–Trinajstić information content (AvgIpc) is 2.36. The first-order valence-corrected chi connectivity index (χ1v) is 6.44. The Balaban J connectivity index is 0. The van der Waals surface area contributed by atoms with E-state index >= 15 is 0 Å². The van der Waals surface area contributed by atoms with Crippen molar-refractivity contribution in [2.45, 2.75) is 25.8 Å². The smallest absolute Gasteiger partial charge is 0.239 e. The predicted octanol–water partition coefficient (Wildman–Crippen LogP) is 0.748. The van der Waals surface area contributed by atoms with E-state index in [-0.39, 0.29) is 36.8 Å². The van der Waals surface area contributed by atoms with Crippen LogP contribution in [0.1, 0.15) is 19.8 Å². The van der Waals surface area contributed by atoms with Gasteiger partial charge in [0.05, 0.1) is 12.6 Å². The molecule has 0 saturated carbocycles. The molecule has 0 aromatic rings. The number of amides is 1. The van der Waals surface area contributed by atoms with Gasteiger partial charge in [-0.15, -0.1) is 24.8 Å². The minimum absolute atomic E-state index is 0. The largest absolute Gasteiger partial charge is 0.383 e. The zero-order valence-electron chi connectivity index (χ0n) is 11.8. The normalized spacial score (nSPS) is 17.3. The highest BCUT2D eigenvalue weighted by Gasteiger charge is 2.24. The molecule has 0 aliphatic carbocycles. The summed E-state index contributed by atoms with van der Waals surface area (Å²) in [6, 6.07) is -0.314. The maximum absolute atomic E-state index is 12.0. The fraction of sp³-hybridized carbons (Fsp3) is 0.917. The highest BCUT2D eigenvalue weighted by atomic mass is 35.5. The Kier molecular flexibility index (Phi) is 13.1. The Hall–Kier alpha value is -0.0700. The molecule has 7 heteroatoms. The number of carbonyl (C=O) groups excluding carboxylic acids is 1. The molecule has 1 unspecified atom stereocenters. The molecule has 0 aromatic heterocycles. The van der Waals surface area contributed by atoms with E-state index in [1.165, 1.54) is 0 Å². The summed E-state index contributed by atoms with van der Waals surface area (Å²) < 4.78 is 5.05. The lowest BCUT2D eigenvalue weighted by atomic mass is 10.1. The van der Waals surface area contributed by atoms with E-state index in [9.17, 15) is 4.79 Å². The molecule has 1 atom stereocenters. The first-order chi connectivity index (χ1) is 8.19. The van der Waals surface area contributed by atoms with Crippen LogP contribution in [-0.4, -0.2) is 68.2 Å². The number of rotatable bonds is 6. The van der Waals surface area contributed by atoms with Gasteiger partial charge in [-0.3, -0.25) is 9.69 Å². The molecule has 1 saturated heterocycles. The van der Waals surface area contributed by atoms with Gasteiger partial charge in [-0.1, -0.05) is 13.3 Å². The summed E-state index contributed by atoms with van der Waals surface area (Å²) in [6.07, 6.45) is 1.74. The molecule has 1 heterocycles. The number of ether oxygens (including phenoxy) is 1. The van der Waals surface area contributed by atoms with E-state index in [2.05, 4.69) is 11.8 Å². The van der Waals surface area contributed by atoms with E-state index in [0.29, 0.717) is 0 Å². The molecule has 116 valence electrons. The molecule has 5 nitrogen and oxygen atoms in total. The molecule has 0 radical (unpaired) electrons. The van der Waals surface area contributed by atoms with Gasteiger partial charge in [0.1, 0.15) is 0 Å². The molecule has 1 rings (SSSR count). The van der Waals surface area contributed by atoms with Crippen LogP contribution < -0.4 is 5.73 Å². The standard InChI is InChI=1S/C12H25N3O2.2ClH/c1-3-4-11(13)12(16)15-7-5-14(6-8-15)9-10-17-2;;/h11H,3-10,13H2,1-2H3;2*1H. The molecular weight excluding hydrogens is 289 g/mol. The van der Waals surface area contributed by atoms with Crippen molar-refractivity contribution in [3.8, 4) is 0 Å². The van der Waals surface area contributed by atoms with E-state index in [4.69, 9.17) is 10.5 Å². The second-order valence-electron chi connectivity index (χ2n) is 4.55. The monoisotopic (exact) mass is 315 g/mol. The third-order valence-corrected chi connectivity index (χ3v) is 3.21. The van der Waals surface area contributed by atoms with Crippen molar-refractivity contribution < 1.29 is 9.53 Å². The predicted molar refractivity (Wildman–Crippen MR) is 82.3 cm³/mol. The van der Waals surface area contributed by atoms with Gasteiger partial charge in [0.2, 0.25) is 5.91 Å². The summed E-state index contributed by atoms with van der Waals surface area (Å²) in [5.74, 6) is 0.109. The van der Waals surface area contributed by atoms with Crippen molar-refractivity contribution in [3.05, 3.63) is 0 Å². The maximum Gasteiger partial charge on any atom is 0.239 e. The summed E-state index contributed by atoms with van der Waals surface area (Å²) >= 11 is 0. The number of piperazine rings is 1. The number of hydrogen-bond acceptors (Lipinski definition) is 4. The maximum atomic E-state index is 12.0. The third kappa shape index (κ3) is 7.32. The summed E-state index contributed by atoms with van der Waals surface area (Å²) in [5.41, 5.74) is 5.85. The van der Waals surface area contributed by atoms with Gasteiger partial charge >= 0.3 is 0 Å². The summed E-state index contributed by atoms with van der Waals surface area (Å²) in [6.45, 7) is 7.18. The minimum Gasteiger partial charge on any atom is -0.383 e. The van der Waals surface area contributed by atoms with Crippen molar-refractivity contribution in [2.24, 2.45) is 5.73 Å². The van der Waals surface area contributed by atoms with Crippen LogP contribution in [0, 0.1) is 0 Å². The van der Waals surface area contributed by atoms with Crippen LogP contribution in [-0.2, 0) is 9.53 Å². The number of nitrogens with zero attached hydrogens (tertiary/aromatic N) is 2. The lowest BCUT2D eigenvalue weighted by Gasteiger charge is -2.35. The SMILES string of the molecule is CCCC(N)C(=O)N1CCN(CCOC)CC1.Cl.Cl. The van der Waals surface area contributed by atoms with E-state index in [1.807, 2.05) is 4.90 Å². The number of methoxy groups -OCH3 is 1. The first-order valence-electron chi connectivity index (χ1n) is 6.44. The fourth-order valence-corrected chi connectivity index (χ4v) is 2.08. The van der Waals surface area contributed by atoms with E-state index in [0.717, 1.165) is 52.2 Å². The van der Waals surface area contributed by atoms with E-state index in [1.54, 1.807) is 7.11 Å². The Morgan fingerprint density at radius 2 is 1.84 bits per heavy atom. The highest BCUT2D eigenvalue weighted by Crippen LogP contribution is 2.05. The Bertz CT molecular complexity index is 237. The Morgan fingerprint density at radius 3 is 2.32 bits per heavy atom. The second-order valence-corrected chi connectivity index (χ2v) is 4.55. The minimum atomic E-state index is -0.314. The molecule has 1 aliphatic heterocycles. The average molecular weight is 316 g/mol. The molecule has 1 fully saturated rings. The fourth-order valence-electron chi connectivity index (χ4n) is 2.08. The molecular formula is C12H27Cl2N3O2. The van der Waals surface area contributed by atoms with Crippen LogP contribution in [0.5, 0.6) is 0 Å². The molecule has 0 spiro atoms. The van der Waals surface area contributed by atoms with Gasteiger partial charge in [-0.2, -0.15) is 0 Å². The van der Waals surface area contributed by atoms with Crippen LogP contribution in [0.2, 0.25) is 0 Å².